The Bertz CT molecular complexity index is 1610. The summed E-state index contributed by atoms with van der Waals surface area (Å²) in [5.74, 6) is 18.3. The molecule has 0 amide bonds. The summed E-state index contributed by atoms with van der Waals surface area (Å²) in [6.07, 6.45) is 10.9. The number of benzene rings is 5. The minimum atomic E-state index is 0.853. The van der Waals surface area contributed by atoms with Gasteiger partial charge in [-0.2, -0.15) is 0 Å². The van der Waals surface area contributed by atoms with Crippen molar-refractivity contribution in [2.75, 3.05) is 0 Å². The second kappa shape index (κ2) is 9.15. The van der Waals surface area contributed by atoms with Crippen molar-refractivity contribution < 1.29 is 0 Å². The third-order valence-corrected chi connectivity index (χ3v) is 5.64. The first-order chi connectivity index (χ1) is 16.7. The summed E-state index contributed by atoms with van der Waals surface area (Å²) >= 11 is 0. The fourth-order valence-electron chi connectivity index (χ4n) is 3.79. The number of hydrogen-bond acceptors (Lipinski definition) is 0. The van der Waals surface area contributed by atoms with Crippen LogP contribution >= 0.6 is 0 Å². The number of rotatable bonds is 0. The Morgan fingerprint density at radius 1 is 0.353 bits per heavy atom. The van der Waals surface area contributed by atoms with Crippen LogP contribution in [0.5, 0.6) is 0 Å². The van der Waals surface area contributed by atoms with Gasteiger partial charge < -0.3 is 0 Å². The zero-order valence-corrected chi connectivity index (χ0v) is 18.4. The van der Waals surface area contributed by atoms with Crippen molar-refractivity contribution in [1.29, 1.82) is 0 Å². The van der Waals surface area contributed by atoms with Crippen LogP contribution in [0.25, 0.3) is 21.5 Å². The molecule has 0 aliphatic rings. The first-order valence-corrected chi connectivity index (χ1v) is 10.9. The summed E-state index contributed by atoms with van der Waals surface area (Å²) in [6.45, 7) is 0. The van der Waals surface area contributed by atoms with E-state index in [-0.39, 0.29) is 0 Å². The third kappa shape index (κ3) is 4.40. The third-order valence-electron chi connectivity index (χ3n) is 5.64. The SMILES string of the molecule is C#Cc1ccc(C#Cc2ccc3ccc4ccc(C#Cc5ccc(C#C)cc5)cc4c3c2)cc1. The van der Waals surface area contributed by atoms with Gasteiger partial charge in [-0.05, 0) is 94.3 Å². The van der Waals surface area contributed by atoms with E-state index in [4.69, 9.17) is 12.8 Å². The Labute approximate surface area is 200 Å². The largest absolute Gasteiger partial charge is 0.115 e. The van der Waals surface area contributed by atoms with E-state index in [1.807, 2.05) is 48.5 Å². The molecule has 0 saturated carbocycles. The van der Waals surface area contributed by atoms with Gasteiger partial charge in [-0.25, -0.2) is 0 Å². The zero-order chi connectivity index (χ0) is 23.3. The number of fused-ring (bicyclic) bond motifs is 3. The molecule has 0 nitrogen and oxygen atoms in total. The maximum atomic E-state index is 5.43. The van der Waals surface area contributed by atoms with Crippen LogP contribution in [0.3, 0.4) is 0 Å². The highest BCUT2D eigenvalue weighted by molar-refractivity contribution is 6.08. The van der Waals surface area contributed by atoms with E-state index < -0.39 is 0 Å². The van der Waals surface area contributed by atoms with Crippen molar-refractivity contribution in [2.24, 2.45) is 0 Å². The summed E-state index contributed by atoms with van der Waals surface area (Å²) in [7, 11) is 0. The van der Waals surface area contributed by atoms with Crippen LogP contribution in [0.4, 0.5) is 0 Å². The van der Waals surface area contributed by atoms with Crippen molar-refractivity contribution >= 4 is 21.5 Å². The molecule has 0 spiro atoms. The topological polar surface area (TPSA) is 0 Å². The van der Waals surface area contributed by atoms with Crippen molar-refractivity contribution in [3.05, 3.63) is 130 Å². The normalized spacial score (nSPS) is 9.82. The minimum Gasteiger partial charge on any atom is -0.115 e. The molecule has 5 aromatic rings. The quantitative estimate of drug-likeness (QED) is 0.190. The van der Waals surface area contributed by atoms with E-state index in [1.165, 1.54) is 10.8 Å². The molecule has 5 aromatic carbocycles. The fourth-order valence-corrected chi connectivity index (χ4v) is 3.79. The van der Waals surface area contributed by atoms with Crippen LogP contribution < -0.4 is 0 Å². The lowest BCUT2D eigenvalue weighted by Crippen LogP contribution is -1.83. The summed E-state index contributed by atoms with van der Waals surface area (Å²) in [4.78, 5) is 0. The lowest BCUT2D eigenvalue weighted by Gasteiger charge is -2.05. The average Bonchev–Trinajstić information content (AvgIpc) is 2.91. The van der Waals surface area contributed by atoms with E-state index in [1.54, 1.807) is 0 Å². The van der Waals surface area contributed by atoms with Gasteiger partial charge in [-0.1, -0.05) is 59.8 Å². The summed E-state index contributed by atoms with van der Waals surface area (Å²) in [5.41, 5.74) is 5.50. The van der Waals surface area contributed by atoms with Gasteiger partial charge in [0.05, 0.1) is 0 Å². The van der Waals surface area contributed by atoms with Crippen molar-refractivity contribution in [3.63, 3.8) is 0 Å². The lowest BCUT2D eigenvalue weighted by atomic mass is 9.98. The standard InChI is InChI=1S/C34H18/c1-3-25-5-9-27(10-6-25)13-15-29-17-19-31-21-22-32-20-18-30(24-34(32)33(31)23-29)16-14-28-11-7-26(4-2)8-12-28/h1-2,5-12,17-24H. The Hall–Kier alpha value is -5.14. The molecule has 0 atom stereocenters. The molecule has 0 saturated heterocycles. The van der Waals surface area contributed by atoms with Crippen LogP contribution in [0.2, 0.25) is 0 Å². The summed E-state index contributed by atoms with van der Waals surface area (Å²) in [5, 5.41) is 4.67. The predicted octanol–water partition coefficient (Wildman–Crippen LogP) is 6.76. The van der Waals surface area contributed by atoms with Crippen LogP contribution in [0.1, 0.15) is 33.4 Å². The second-order valence-corrected chi connectivity index (χ2v) is 7.88. The minimum absolute atomic E-state index is 0.853. The predicted molar refractivity (Wildman–Crippen MR) is 142 cm³/mol. The lowest BCUT2D eigenvalue weighted by molar-refractivity contribution is 1.60. The number of hydrogen-bond donors (Lipinski definition) is 0. The Morgan fingerprint density at radius 2 is 0.647 bits per heavy atom. The molecule has 0 aromatic heterocycles. The molecule has 0 radical (unpaired) electrons. The second-order valence-electron chi connectivity index (χ2n) is 7.88. The molecule has 0 aliphatic heterocycles. The average molecular weight is 427 g/mol. The van der Waals surface area contributed by atoms with Gasteiger partial charge in [-0.3, -0.25) is 0 Å². The van der Waals surface area contributed by atoms with E-state index in [0.717, 1.165) is 44.2 Å². The molecule has 0 heteroatoms. The summed E-state index contributed by atoms with van der Waals surface area (Å²) in [6, 6.07) is 32.4. The maximum Gasteiger partial charge on any atom is 0.0255 e. The monoisotopic (exact) mass is 426 g/mol. The van der Waals surface area contributed by atoms with Gasteiger partial charge in [-0.15, -0.1) is 12.8 Å². The molecule has 0 bridgehead atoms. The van der Waals surface area contributed by atoms with Crippen LogP contribution in [0, 0.1) is 48.4 Å². The van der Waals surface area contributed by atoms with E-state index >= 15 is 0 Å². The molecule has 0 fully saturated rings. The Morgan fingerprint density at radius 3 is 1.03 bits per heavy atom. The van der Waals surface area contributed by atoms with Gasteiger partial charge in [0.15, 0.2) is 0 Å². The van der Waals surface area contributed by atoms with Crippen molar-refractivity contribution in [3.8, 4) is 48.4 Å². The molecule has 0 aliphatic carbocycles. The van der Waals surface area contributed by atoms with E-state index in [9.17, 15) is 0 Å². The molecular formula is C34H18. The van der Waals surface area contributed by atoms with Gasteiger partial charge >= 0.3 is 0 Å². The van der Waals surface area contributed by atoms with Gasteiger partial charge in [0.2, 0.25) is 0 Å². The number of terminal acetylenes is 2. The first kappa shape index (κ1) is 20.7. The molecule has 34 heavy (non-hydrogen) atoms. The molecular weight excluding hydrogens is 408 g/mol. The van der Waals surface area contributed by atoms with Crippen LogP contribution in [-0.4, -0.2) is 0 Å². The van der Waals surface area contributed by atoms with E-state index in [0.29, 0.717) is 0 Å². The zero-order valence-electron chi connectivity index (χ0n) is 18.4. The molecule has 154 valence electrons. The van der Waals surface area contributed by atoms with Crippen LogP contribution in [0.15, 0.2) is 97.1 Å². The molecule has 0 N–H and O–H groups in total. The molecule has 0 heterocycles. The van der Waals surface area contributed by atoms with Gasteiger partial charge in [0.25, 0.3) is 0 Å². The van der Waals surface area contributed by atoms with Gasteiger partial charge in [0, 0.05) is 33.4 Å². The summed E-state index contributed by atoms with van der Waals surface area (Å²) < 4.78 is 0. The van der Waals surface area contributed by atoms with Crippen LogP contribution in [-0.2, 0) is 0 Å². The molecule has 0 unspecified atom stereocenters. The highest BCUT2D eigenvalue weighted by atomic mass is 14.1. The van der Waals surface area contributed by atoms with Crippen molar-refractivity contribution in [2.45, 2.75) is 0 Å². The fraction of sp³-hybridized carbons (Fsp3) is 0. The Kier molecular flexibility index (Phi) is 5.59. The first-order valence-electron chi connectivity index (χ1n) is 10.9. The highest BCUT2D eigenvalue weighted by Gasteiger charge is 2.03. The Balaban J connectivity index is 1.52. The van der Waals surface area contributed by atoms with Crippen molar-refractivity contribution in [1.82, 2.24) is 0 Å². The van der Waals surface area contributed by atoms with E-state index in [2.05, 4.69) is 84.1 Å². The maximum absolute atomic E-state index is 5.43. The molecule has 5 rings (SSSR count). The smallest absolute Gasteiger partial charge is 0.0255 e. The van der Waals surface area contributed by atoms with Gasteiger partial charge in [0.1, 0.15) is 0 Å². The highest BCUT2D eigenvalue weighted by Crippen LogP contribution is 2.27.